The predicted octanol–water partition coefficient (Wildman–Crippen LogP) is 4.67. The van der Waals surface area contributed by atoms with Gasteiger partial charge >= 0.3 is 0 Å². The van der Waals surface area contributed by atoms with Crippen molar-refractivity contribution in [2.45, 2.75) is 18.9 Å². The lowest BCUT2D eigenvalue weighted by Gasteiger charge is -2.14. The molecule has 0 spiro atoms. The second-order valence-corrected chi connectivity index (χ2v) is 5.85. The zero-order chi connectivity index (χ0) is 15.6. The standard InChI is InChI=1S/C15H11BrClF3O/c16-11-4-5-14(19)10(15(11)20)7-8(21)6-9-12(17)2-1-3-13(9)18/h1-5,8,21H,6-7H2. The van der Waals surface area contributed by atoms with Crippen LogP contribution in [0.15, 0.2) is 34.8 Å². The molecule has 2 rings (SSSR count). The van der Waals surface area contributed by atoms with Crippen LogP contribution in [-0.4, -0.2) is 11.2 Å². The zero-order valence-electron chi connectivity index (χ0n) is 10.7. The first-order valence-corrected chi connectivity index (χ1v) is 7.30. The molecule has 2 aromatic carbocycles. The Balaban J connectivity index is 2.20. The molecule has 0 bridgehead atoms. The van der Waals surface area contributed by atoms with Crippen molar-refractivity contribution in [2.24, 2.45) is 0 Å². The molecule has 0 saturated carbocycles. The van der Waals surface area contributed by atoms with Gasteiger partial charge in [0.25, 0.3) is 0 Å². The summed E-state index contributed by atoms with van der Waals surface area (Å²) in [4.78, 5) is 0. The molecule has 0 aromatic heterocycles. The summed E-state index contributed by atoms with van der Waals surface area (Å²) in [5, 5.41) is 10.1. The highest BCUT2D eigenvalue weighted by atomic mass is 79.9. The summed E-state index contributed by atoms with van der Waals surface area (Å²) in [6.07, 6.45) is -1.56. The van der Waals surface area contributed by atoms with Gasteiger partial charge in [-0.05, 0) is 40.2 Å². The number of aliphatic hydroxyl groups excluding tert-OH is 1. The van der Waals surface area contributed by atoms with E-state index < -0.39 is 23.6 Å². The number of halogens is 5. The molecule has 1 nitrogen and oxygen atoms in total. The van der Waals surface area contributed by atoms with Gasteiger partial charge in [0.05, 0.1) is 10.6 Å². The second-order valence-electron chi connectivity index (χ2n) is 4.58. The molecule has 0 aliphatic heterocycles. The summed E-state index contributed by atoms with van der Waals surface area (Å²) < 4.78 is 41.2. The highest BCUT2D eigenvalue weighted by Gasteiger charge is 2.19. The zero-order valence-corrected chi connectivity index (χ0v) is 13.1. The van der Waals surface area contributed by atoms with Crippen molar-refractivity contribution in [1.29, 1.82) is 0 Å². The van der Waals surface area contributed by atoms with Crippen LogP contribution in [0, 0.1) is 17.5 Å². The molecule has 1 atom stereocenters. The first-order valence-electron chi connectivity index (χ1n) is 6.13. The van der Waals surface area contributed by atoms with Crippen LogP contribution in [0.1, 0.15) is 11.1 Å². The van der Waals surface area contributed by atoms with Gasteiger partial charge in [0.15, 0.2) is 0 Å². The fourth-order valence-corrected chi connectivity index (χ4v) is 2.64. The maximum Gasteiger partial charge on any atom is 0.143 e. The summed E-state index contributed by atoms with van der Waals surface area (Å²) in [5.41, 5.74) is -0.119. The van der Waals surface area contributed by atoms with Crippen molar-refractivity contribution >= 4 is 27.5 Å². The largest absolute Gasteiger partial charge is 0.392 e. The molecule has 0 fully saturated rings. The summed E-state index contributed by atoms with van der Waals surface area (Å²) in [6.45, 7) is 0. The molecule has 0 heterocycles. The van der Waals surface area contributed by atoms with Crippen LogP contribution in [0.2, 0.25) is 5.02 Å². The third-order valence-electron chi connectivity index (χ3n) is 3.08. The number of hydrogen-bond donors (Lipinski definition) is 1. The lowest BCUT2D eigenvalue weighted by molar-refractivity contribution is 0.171. The highest BCUT2D eigenvalue weighted by molar-refractivity contribution is 9.10. The number of benzene rings is 2. The van der Waals surface area contributed by atoms with Crippen LogP contribution < -0.4 is 0 Å². The average Bonchev–Trinajstić information content (AvgIpc) is 2.43. The number of hydrogen-bond acceptors (Lipinski definition) is 1. The van der Waals surface area contributed by atoms with Crippen molar-refractivity contribution in [1.82, 2.24) is 0 Å². The maximum atomic E-state index is 13.8. The molecule has 0 aliphatic rings. The Kier molecular flexibility index (Phi) is 5.30. The minimum Gasteiger partial charge on any atom is -0.392 e. The highest BCUT2D eigenvalue weighted by Crippen LogP contribution is 2.25. The van der Waals surface area contributed by atoms with Crippen molar-refractivity contribution in [2.75, 3.05) is 0 Å². The van der Waals surface area contributed by atoms with Crippen LogP contribution in [0.25, 0.3) is 0 Å². The fraction of sp³-hybridized carbons (Fsp3) is 0.200. The van der Waals surface area contributed by atoms with Crippen LogP contribution >= 0.6 is 27.5 Å². The summed E-state index contributed by atoms with van der Waals surface area (Å²) in [5.74, 6) is -2.08. The minimum absolute atomic E-state index is 0.107. The van der Waals surface area contributed by atoms with E-state index in [1.807, 2.05) is 0 Å². The van der Waals surface area contributed by atoms with E-state index in [0.717, 1.165) is 6.07 Å². The van der Waals surface area contributed by atoms with Crippen molar-refractivity contribution in [3.8, 4) is 0 Å². The van der Waals surface area contributed by atoms with Gasteiger partial charge in [-0.25, -0.2) is 13.2 Å². The van der Waals surface area contributed by atoms with Crippen molar-refractivity contribution in [3.63, 3.8) is 0 Å². The van der Waals surface area contributed by atoms with Gasteiger partial charge < -0.3 is 5.11 Å². The second kappa shape index (κ2) is 6.81. The number of aliphatic hydroxyl groups is 1. The Morgan fingerprint density at radius 1 is 1.00 bits per heavy atom. The van der Waals surface area contributed by atoms with E-state index in [1.54, 1.807) is 0 Å². The van der Waals surface area contributed by atoms with E-state index in [4.69, 9.17) is 11.6 Å². The molecule has 0 radical (unpaired) electrons. The summed E-state index contributed by atoms with van der Waals surface area (Å²) >= 11 is 8.81. The van der Waals surface area contributed by atoms with Gasteiger partial charge in [-0.3, -0.25) is 0 Å². The van der Waals surface area contributed by atoms with Gasteiger partial charge in [0.2, 0.25) is 0 Å². The van der Waals surface area contributed by atoms with Gasteiger partial charge in [0.1, 0.15) is 17.5 Å². The van der Waals surface area contributed by atoms with Gasteiger partial charge in [-0.15, -0.1) is 0 Å². The Morgan fingerprint density at radius 2 is 1.62 bits per heavy atom. The molecule has 112 valence electrons. The summed E-state index contributed by atoms with van der Waals surface area (Å²) in [6, 6.07) is 6.50. The monoisotopic (exact) mass is 378 g/mol. The van der Waals surface area contributed by atoms with Gasteiger partial charge in [0, 0.05) is 29.0 Å². The van der Waals surface area contributed by atoms with E-state index in [2.05, 4.69) is 15.9 Å². The normalized spacial score (nSPS) is 12.5. The molecule has 2 aromatic rings. The molecule has 0 amide bonds. The van der Waals surface area contributed by atoms with Crippen LogP contribution in [0.3, 0.4) is 0 Å². The van der Waals surface area contributed by atoms with Crippen molar-refractivity contribution < 1.29 is 18.3 Å². The molecule has 1 N–H and O–H groups in total. The minimum atomic E-state index is -1.15. The topological polar surface area (TPSA) is 20.2 Å². The number of rotatable bonds is 4. The lowest BCUT2D eigenvalue weighted by Crippen LogP contribution is -2.17. The first kappa shape index (κ1) is 16.3. The quantitative estimate of drug-likeness (QED) is 0.766. The van der Waals surface area contributed by atoms with Gasteiger partial charge in [-0.1, -0.05) is 17.7 Å². The van der Waals surface area contributed by atoms with Crippen molar-refractivity contribution in [3.05, 3.63) is 68.4 Å². The van der Waals surface area contributed by atoms with E-state index >= 15 is 0 Å². The van der Waals surface area contributed by atoms with E-state index in [9.17, 15) is 18.3 Å². The molecule has 6 heteroatoms. The lowest BCUT2D eigenvalue weighted by atomic mass is 10.00. The smallest absolute Gasteiger partial charge is 0.143 e. The molecular formula is C15H11BrClF3O. The maximum absolute atomic E-state index is 13.8. The van der Waals surface area contributed by atoms with E-state index in [1.165, 1.54) is 24.3 Å². The Hall–Kier alpha value is -1.04. The van der Waals surface area contributed by atoms with Crippen LogP contribution in [0.4, 0.5) is 13.2 Å². The Morgan fingerprint density at radius 3 is 2.29 bits per heavy atom. The van der Waals surface area contributed by atoms with Crippen LogP contribution in [-0.2, 0) is 12.8 Å². The Bertz CT molecular complexity index is 643. The predicted molar refractivity (Wildman–Crippen MR) is 78.9 cm³/mol. The molecule has 1 unspecified atom stereocenters. The molecular weight excluding hydrogens is 369 g/mol. The Labute approximate surface area is 133 Å². The van der Waals surface area contributed by atoms with Crippen LogP contribution in [0.5, 0.6) is 0 Å². The van der Waals surface area contributed by atoms with Gasteiger partial charge in [-0.2, -0.15) is 0 Å². The first-order chi connectivity index (χ1) is 9.90. The summed E-state index contributed by atoms with van der Waals surface area (Å²) in [7, 11) is 0. The van der Waals surface area contributed by atoms with E-state index in [-0.39, 0.29) is 33.5 Å². The van der Waals surface area contributed by atoms with E-state index in [0.29, 0.717) is 0 Å². The third kappa shape index (κ3) is 3.78. The molecule has 0 aliphatic carbocycles. The SMILES string of the molecule is OC(Cc1c(F)cccc1Cl)Cc1c(F)ccc(Br)c1F. The third-order valence-corrected chi connectivity index (χ3v) is 4.05. The molecule has 21 heavy (non-hydrogen) atoms. The molecule has 0 saturated heterocycles. The fourth-order valence-electron chi connectivity index (χ4n) is 2.03. The average molecular weight is 380 g/mol.